The summed E-state index contributed by atoms with van der Waals surface area (Å²) in [6.07, 6.45) is 3.88. The van der Waals surface area contributed by atoms with Crippen LogP contribution in [0.25, 0.3) is 22.4 Å². The van der Waals surface area contributed by atoms with E-state index in [9.17, 15) is 4.79 Å². The van der Waals surface area contributed by atoms with Crippen LogP contribution in [-0.4, -0.2) is 53.1 Å². The second kappa shape index (κ2) is 8.20. The van der Waals surface area contributed by atoms with Gasteiger partial charge < -0.3 is 20.1 Å². The van der Waals surface area contributed by atoms with Gasteiger partial charge in [0.05, 0.1) is 16.6 Å². The van der Waals surface area contributed by atoms with Gasteiger partial charge in [0.1, 0.15) is 5.82 Å². The van der Waals surface area contributed by atoms with E-state index < -0.39 is 0 Å². The van der Waals surface area contributed by atoms with Crippen LogP contribution in [0.3, 0.4) is 0 Å². The number of hydrogen-bond donors (Lipinski definition) is 2. The van der Waals surface area contributed by atoms with Gasteiger partial charge >= 0.3 is 0 Å². The molecule has 1 atom stereocenters. The van der Waals surface area contributed by atoms with E-state index in [0.29, 0.717) is 12.1 Å². The smallest absolute Gasteiger partial charge is 0.253 e. The van der Waals surface area contributed by atoms with Gasteiger partial charge in [-0.25, -0.2) is 4.98 Å². The van der Waals surface area contributed by atoms with Crippen molar-refractivity contribution >= 4 is 16.9 Å². The van der Waals surface area contributed by atoms with Gasteiger partial charge in [-0.15, -0.1) is 0 Å². The Morgan fingerprint density at radius 1 is 1.17 bits per heavy atom. The number of aromatic nitrogens is 2. The van der Waals surface area contributed by atoms with Crippen LogP contribution in [0.5, 0.6) is 0 Å². The van der Waals surface area contributed by atoms with Crippen LogP contribution < -0.4 is 10.6 Å². The number of nitrogens with zero attached hydrogens (tertiary/aromatic N) is 3. The standard InChI is InChI=1S/C24H29N5O/c1-28-14-3-4-19(28)11-12-25-16-17-7-9-18(10-8-17)23-27-21-6-2-5-20-22(21)29(23)15-13-26-24(20)30/h2,5-10,19,25H,3-4,11-16H2,1H3,(H,26,30). The summed E-state index contributed by atoms with van der Waals surface area (Å²) in [7, 11) is 2.24. The quantitative estimate of drug-likeness (QED) is 0.621. The zero-order valence-corrected chi connectivity index (χ0v) is 17.5. The minimum atomic E-state index is -0.0176. The number of hydrogen-bond acceptors (Lipinski definition) is 4. The molecule has 3 aromatic rings. The van der Waals surface area contributed by atoms with Crippen molar-refractivity contribution in [2.75, 3.05) is 26.7 Å². The number of benzene rings is 2. The summed E-state index contributed by atoms with van der Waals surface area (Å²) in [4.78, 5) is 19.7. The fraction of sp³-hybridized carbons (Fsp3) is 0.417. The highest BCUT2D eigenvalue weighted by molar-refractivity contribution is 6.06. The van der Waals surface area contributed by atoms with Crippen molar-refractivity contribution in [2.24, 2.45) is 0 Å². The molecule has 1 fully saturated rings. The van der Waals surface area contributed by atoms with Crippen molar-refractivity contribution < 1.29 is 4.79 Å². The molecule has 0 spiro atoms. The van der Waals surface area contributed by atoms with E-state index in [-0.39, 0.29) is 5.91 Å². The molecule has 30 heavy (non-hydrogen) atoms. The first kappa shape index (κ1) is 19.3. The number of likely N-dealkylation sites (tertiary alicyclic amines) is 1. The molecule has 0 radical (unpaired) electrons. The summed E-state index contributed by atoms with van der Waals surface area (Å²) in [5.41, 5.74) is 4.88. The van der Waals surface area contributed by atoms with Crippen molar-refractivity contribution in [3.63, 3.8) is 0 Å². The van der Waals surface area contributed by atoms with E-state index in [4.69, 9.17) is 4.98 Å². The fourth-order valence-electron chi connectivity index (χ4n) is 4.80. The summed E-state index contributed by atoms with van der Waals surface area (Å²) in [6.45, 7) is 4.52. The Morgan fingerprint density at radius 2 is 2.03 bits per heavy atom. The van der Waals surface area contributed by atoms with Crippen LogP contribution in [0.1, 0.15) is 35.2 Å². The first-order chi connectivity index (χ1) is 14.7. The van der Waals surface area contributed by atoms with Crippen LogP contribution >= 0.6 is 0 Å². The molecule has 6 nitrogen and oxygen atoms in total. The normalized spacial score (nSPS) is 19.2. The average Bonchev–Trinajstić information content (AvgIpc) is 3.29. The number of rotatable bonds is 6. The Labute approximate surface area is 177 Å². The zero-order chi connectivity index (χ0) is 20.5. The van der Waals surface area contributed by atoms with E-state index in [1.807, 2.05) is 18.2 Å². The highest BCUT2D eigenvalue weighted by Gasteiger charge is 2.22. The number of carbonyl (C=O) groups excluding carboxylic acids is 1. The maximum Gasteiger partial charge on any atom is 0.253 e. The van der Waals surface area contributed by atoms with Gasteiger partial charge in [-0.3, -0.25) is 4.79 Å². The van der Waals surface area contributed by atoms with E-state index in [1.165, 1.54) is 31.4 Å². The van der Waals surface area contributed by atoms with Crippen molar-refractivity contribution in [3.8, 4) is 11.4 Å². The van der Waals surface area contributed by atoms with Crippen LogP contribution in [0.2, 0.25) is 0 Å². The lowest BCUT2D eigenvalue weighted by Crippen LogP contribution is -2.28. The van der Waals surface area contributed by atoms with Gasteiger partial charge in [0.25, 0.3) is 5.91 Å². The van der Waals surface area contributed by atoms with Crippen LogP contribution in [0, 0.1) is 0 Å². The molecule has 2 aliphatic rings. The molecule has 1 unspecified atom stereocenters. The average molecular weight is 404 g/mol. The highest BCUT2D eigenvalue weighted by Crippen LogP contribution is 2.28. The lowest BCUT2D eigenvalue weighted by atomic mass is 10.1. The first-order valence-corrected chi connectivity index (χ1v) is 11.0. The second-order valence-electron chi connectivity index (χ2n) is 8.46. The van der Waals surface area contributed by atoms with Gasteiger partial charge in [-0.1, -0.05) is 30.3 Å². The number of amides is 1. The maximum absolute atomic E-state index is 12.3. The van der Waals surface area contributed by atoms with Crippen LogP contribution in [-0.2, 0) is 13.1 Å². The molecular formula is C24H29N5O. The van der Waals surface area contributed by atoms with Crippen LogP contribution in [0.15, 0.2) is 42.5 Å². The monoisotopic (exact) mass is 403 g/mol. The Morgan fingerprint density at radius 3 is 2.83 bits per heavy atom. The molecule has 1 saturated heterocycles. The number of para-hydroxylation sites is 1. The molecule has 6 heteroatoms. The van der Waals surface area contributed by atoms with Gasteiger partial charge in [-0.05, 0) is 57.1 Å². The molecule has 3 heterocycles. The topological polar surface area (TPSA) is 62.2 Å². The fourth-order valence-corrected chi connectivity index (χ4v) is 4.80. The van der Waals surface area contributed by atoms with Crippen molar-refractivity contribution in [1.82, 2.24) is 25.1 Å². The number of carbonyl (C=O) groups is 1. The van der Waals surface area contributed by atoms with E-state index in [0.717, 1.165) is 48.1 Å². The van der Waals surface area contributed by atoms with Crippen molar-refractivity contribution in [3.05, 3.63) is 53.6 Å². The molecular weight excluding hydrogens is 374 g/mol. The minimum absolute atomic E-state index is 0.0176. The van der Waals surface area contributed by atoms with E-state index >= 15 is 0 Å². The first-order valence-electron chi connectivity index (χ1n) is 11.0. The molecule has 1 amide bonds. The number of imidazole rings is 1. The van der Waals surface area contributed by atoms with Gasteiger partial charge in [0.2, 0.25) is 0 Å². The summed E-state index contributed by atoms with van der Waals surface area (Å²) in [5, 5.41) is 6.57. The third-order valence-electron chi connectivity index (χ3n) is 6.50. The van der Waals surface area contributed by atoms with Crippen molar-refractivity contribution in [1.29, 1.82) is 0 Å². The molecule has 2 aliphatic heterocycles. The molecule has 0 saturated carbocycles. The zero-order valence-electron chi connectivity index (χ0n) is 17.5. The van der Waals surface area contributed by atoms with Crippen molar-refractivity contribution in [2.45, 2.75) is 38.4 Å². The largest absolute Gasteiger partial charge is 0.350 e. The van der Waals surface area contributed by atoms with E-state index in [2.05, 4.69) is 51.4 Å². The third kappa shape index (κ3) is 3.61. The Bertz CT molecular complexity index is 1060. The summed E-state index contributed by atoms with van der Waals surface area (Å²) in [6, 6.07) is 15.2. The number of nitrogens with one attached hydrogen (secondary N) is 2. The Kier molecular flexibility index (Phi) is 5.27. The maximum atomic E-state index is 12.3. The van der Waals surface area contributed by atoms with Gasteiger partial charge in [0.15, 0.2) is 0 Å². The SMILES string of the molecule is CN1CCCC1CCNCc1ccc(-c2nc3cccc4c3n2CCNC4=O)cc1. The second-order valence-corrected chi connectivity index (χ2v) is 8.46. The molecule has 0 aliphatic carbocycles. The third-order valence-corrected chi connectivity index (χ3v) is 6.50. The van der Waals surface area contributed by atoms with Crippen LogP contribution in [0.4, 0.5) is 0 Å². The lowest BCUT2D eigenvalue weighted by Gasteiger charge is -2.19. The molecule has 2 N–H and O–H groups in total. The summed E-state index contributed by atoms with van der Waals surface area (Å²) < 4.78 is 2.17. The Balaban J connectivity index is 1.30. The molecule has 5 rings (SSSR count). The predicted molar refractivity (Wildman–Crippen MR) is 119 cm³/mol. The van der Waals surface area contributed by atoms with E-state index in [1.54, 1.807) is 0 Å². The molecule has 0 bridgehead atoms. The minimum Gasteiger partial charge on any atom is -0.350 e. The summed E-state index contributed by atoms with van der Waals surface area (Å²) in [5.74, 6) is 0.911. The molecule has 2 aromatic carbocycles. The molecule has 1 aromatic heterocycles. The van der Waals surface area contributed by atoms with Gasteiger partial charge in [-0.2, -0.15) is 0 Å². The predicted octanol–water partition coefficient (Wildman–Crippen LogP) is 3.02. The van der Waals surface area contributed by atoms with Gasteiger partial charge in [0, 0.05) is 31.2 Å². The Hall–Kier alpha value is -2.70. The molecule has 156 valence electrons. The lowest BCUT2D eigenvalue weighted by molar-refractivity contribution is 0.0956. The highest BCUT2D eigenvalue weighted by atomic mass is 16.1. The summed E-state index contributed by atoms with van der Waals surface area (Å²) >= 11 is 0.